The Kier molecular flexibility index (Phi) is 5.22. The number of aryl methyl sites for hydroxylation is 1. The molecule has 0 atom stereocenters. The smallest absolute Gasteiger partial charge is 0.278 e. The van der Waals surface area contributed by atoms with Crippen LogP contribution in [-0.4, -0.2) is 20.0 Å². The Morgan fingerprint density at radius 1 is 1.03 bits per heavy atom. The highest BCUT2D eigenvalue weighted by atomic mass is 19.1. The Bertz CT molecular complexity index is 1550. The van der Waals surface area contributed by atoms with Crippen LogP contribution < -0.4 is 10.9 Å². The van der Waals surface area contributed by atoms with E-state index in [-0.39, 0.29) is 23.5 Å². The van der Waals surface area contributed by atoms with Gasteiger partial charge in [-0.25, -0.2) is 9.37 Å². The lowest BCUT2D eigenvalue weighted by atomic mass is 10.2. The number of anilines is 1. The summed E-state index contributed by atoms with van der Waals surface area (Å²) in [4.78, 5) is 30.8. The summed E-state index contributed by atoms with van der Waals surface area (Å²) in [5, 5.41) is 3.37. The van der Waals surface area contributed by atoms with Crippen molar-refractivity contribution in [2.75, 3.05) is 5.32 Å². The summed E-state index contributed by atoms with van der Waals surface area (Å²) >= 11 is 0. The van der Waals surface area contributed by atoms with Crippen molar-refractivity contribution in [3.05, 3.63) is 106 Å². The second-order valence-corrected chi connectivity index (χ2v) is 8.03. The number of carbonyl (C=O) groups is 1. The van der Waals surface area contributed by atoms with E-state index in [0.29, 0.717) is 28.7 Å². The van der Waals surface area contributed by atoms with Gasteiger partial charge in [-0.15, -0.1) is 0 Å². The fourth-order valence-corrected chi connectivity index (χ4v) is 4.10. The highest BCUT2D eigenvalue weighted by Crippen LogP contribution is 2.26. The number of aromatic nitrogens is 3. The maximum absolute atomic E-state index is 14.0. The van der Waals surface area contributed by atoms with Crippen LogP contribution in [0, 0.1) is 12.7 Å². The van der Waals surface area contributed by atoms with Crippen LogP contribution in [-0.2, 0) is 17.9 Å². The van der Waals surface area contributed by atoms with Gasteiger partial charge in [-0.05, 0) is 48.4 Å². The minimum absolute atomic E-state index is 0.105. The molecule has 0 spiro atoms. The highest BCUT2D eigenvalue weighted by molar-refractivity contribution is 6.06. The Morgan fingerprint density at radius 2 is 1.85 bits per heavy atom. The van der Waals surface area contributed by atoms with Gasteiger partial charge in [0.25, 0.3) is 5.56 Å². The molecule has 2 aromatic heterocycles. The number of hydrogen-bond acceptors (Lipinski definition) is 3. The summed E-state index contributed by atoms with van der Waals surface area (Å²) in [6.45, 7) is 2.18. The number of halogens is 1. The number of benzene rings is 3. The molecule has 0 saturated heterocycles. The molecule has 1 N–H and O–H groups in total. The molecule has 0 saturated carbocycles. The van der Waals surface area contributed by atoms with Gasteiger partial charge in [-0.1, -0.05) is 42.5 Å². The van der Waals surface area contributed by atoms with Crippen LogP contribution in [0.15, 0.2) is 83.9 Å². The molecule has 5 rings (SSSR count). The van der Waals surface area contributed by atoms with E-state index in [1.807, 2.05) is 55.5 Å². The average molecular weight is 440 g/mol. The largest absolute Gasteiger partial charge is 0.325 e. The molecule has 3 aromatic carbocycles. The Balaban J connectivity index is 1.61. The predicted molar refractivity (Wildman–Crippen MR) is 127 cm³/mol. The van der Waals surface area contributed by atoms with Gasteiger partial charge in [0.2, 0.25) is 5.91 Å². The molecule has 33 heavy (non-hydrogen) atoms. The summed E-state index contributed by atoms with van der Waals surface area (Å²) in [6, 6.07) is 21.3. The van der Waals surface area contributed by atoms with Gasteiger partial charge in [0.05, 0.1) is 18.4 Å². The van der Waals surface area contributed by atoms with Crippen molar-refractivity contribution in [1.29, 1.82) is 0 Å². The third-order valence-corrected chi connectivity index (χ3v) is 5.59. The zero-order valence-electron chi connectivity index (χ0n) is 18.0. The third-order valence-electron chi connectivity index (χ3n) is 5.59. The first-order valence-electron chi connectivity index (χ1n) is 10.6. The maximum atomic E-state index is 14.0. The lowest BCUT2D eigenvalue weighted by Gasteiger charge is -2.10. The molecule has 7 heteroatoms. The standard InChI is InChI=1S/C26H21FN4O2/c1-17-6-5-9-20(12-17)29-23(32)15-31-22-11-10-19(27)13-21(22)24-25(31)26(33)30(16-28-24)14-18-7-3-2-4-8-18/h2-13,16H,14-15H2,1H3,(H,29,32). The summed E-state index contributed by atoms with van der Waals surface area (Å²) in [6.07, 6.45) is 1.47. The lowest BCUT2D eigenvalue weighted by molar-refractivity contribution is -0.116. The van der Waals surface area contributed by atoms with E-state index in [4.69, 9.17) is 0 Å². The number of fused-ring (bicyclic) bond motifs is 3. The Hall–Kier alpha value is -4.26. The number of nitrogens with one attached hydrogen (secondary N) is 1. The van der Waals surface area contributed by atoms with E-state index in [1.54, 1.807) is 16.7 Å². The van der Waals surface area contributed by atoms with Crippen LogP contribution >= 0.6 is 0 Å². The fourth-order valence-electron chi connectivity index (χ4n) is 4.10. The molecule has 0 fully saturated rings. The van der Waals surface area contributed by atoms with Crippen LogP contribution in [0.25, 0.3) is 21.9 Å². The van der Waals surface area contributed by atoms with Gasteiger partial charge in [0.1, 0.15) is 23.4 Å². The van der Waals surface area contributed by atoms with Crippen LogP contribution in [0.3, 0.4) is 0 Å². The minimum Gasteiger partial charge on any atom is -0.325 e. The van der Waals surface area contributed by atoms with E-state index in [1.165, 1.54) is 23.0 Å². The molecule has 0 unspecified atom stereocenters. The zero-order valence-corrected chi connectivity index (χ0v) is 18.0. The minimum atomic E-state index is -0.430. The predicted octanol–water partition coefficient (Wildman–Crippen LogP) is 4.49. The van der Waals surface area contributed by atoms with Crippen LogP contribution in [0.1, 0.15) is 11.1 Å². The summed E-state index contributed by atoms with van der Waals surface area (Å²) < 4.78 is 17.1. The molecule has 2 heterocycles. The van der Waals surface area contributed by atoms with Crippen LogP contribution in [0.5, 0.6) is 0 Å². The number of nitrogens with zero attached hydrogens (tertiary/aromatic N) is 3. The monoisotopic (exact) mass is 440 g/mol. The quantitative estimate of drug-likeness (QED) is 0.438. The number of amides is 1. The number of carbonyl (C=O) groups excluding carboxylic acids is 1. The van der Waals surface area contributed by atoms with Crippen molar-refractivity contribution >= 4 is 33.5 Å². The molecule has 164 valence electrons. The van der Waals surface area contributed by atoms with Crippen molar-refractivity contribution in [3.8, 4) is 0 Å². The molecule has 0 aliphatic carbocycles. The molecule has 0 bridgehead atoms. The van der Waals surface area contributed by atoms with Gasteiger partial charge < -0.3 is 9.88 Å². The molecule has 0 aliphatic rings. The van der Waals surface area contributed by atoms with Gasteiger partial charge >= 0.3 is 0 Å². The van der Waals surface area contributed by atoms with E-state index in [2.05, 4.69) is 10.3 Å². The average Bonchev–Trinajstić information content (AvgIpc) is 3.09. The molecular formula is C26H21FN4O2. The van der Waals surface area contributed by atoms with E-state index in [9.17, 15) is 14.0 Å². The van der Waals surface area contributed by atoms with Crippen molar-refractivity contribution in [1.82, 2.24) is 14.1 Å². The van der Waals surface area contributed by atoms with Crippen molar-refractivity contribution in [2.24, 2.45) is 0 Å². The zero-order chi connectivity index (χ0) is 22.9. The van der Waals surface area contributed by atoms with Gasteiger partial charge in [0.15, 0.2) is 0 Å². The summed E-state index contributed by atoms with van der Waals surface area (Å²) in [5.41, 5.74) is 3.58. The third kappa shape index (κ3) is 4.01. The first-order valence-corrected chi connectivity index (χ1v) is 10.6. The van der Waals surface area contributed by atoms with Crippen molar-refractivity contribution in [3.63, 3.8) is 0 Å². The second-order valence-electron chi connectivity index (χ2n) is 8.03. The first kappa shape index (κ1) is 20.6. The normalized spacial score (nSPS) is 11.2. The first-order chi connectivity index (χ1) is 16.0. The maximum Gasteiger partial charge on any atom is 0.278 e. The van der Waals surface area contributed by atoms with Crippen molar-refractivity contribution in [2.45, 2.75) is 20.0 Å². The molecule has 6 nitrogen and oxygen atoms in total. The van der Waals surface area contributed by atoms with E-state index in [0.717, 1.165) is 11.1 Å². The lowest BCUT2D eigenvalue weighted by Crippen LogP contribution is -2.25. The number of rotatable bonds is 5. The Morgan fingerprint density at radius 3 is 2.64 bits per heavy atom. The van der Waals surface area contributed by atoms with Gasteiger partial charge in [-0.2, -0.15) is 0 Å². The van der Waals surface area contributed by atoms with E-state index >= 15 is 0 Å². The Labute approximate surface area is 188 Å². The van der Waals surface area contributed by atoms with Crippen LogP contribution in [0.2, 0.25) is 0 Å². The van der Waals surface area contributed by atoms with Gasteiger partial charge in [0, 0.05) is 11.1 Å². The number of hydrogen-bond donors (Lipinski definition) is 1. The molecule has 0 aliphatic heterocycles. The van der Waals surface area contributed by atoms with Gasteiger partial charge in [-0.3, -0.25) is 14.2 Å². The van der Waals surface area contributed by atoms with Crippen molar-refractivity contribution < 1.29 is 9.18 Å². The fraction of sp³-hybridized carbons (Fsp3) is 0.115. The second kappa shape index (κ2) is 8.35. The molecular weight excluding hydrogens is 419 g/mol. The topological polar surface area (TPSA) is 68.9 Å². The molecule has 0 radical (unpaired) electrons. The molecule has 5 aromatic rings. The summed E-state index contributed by atoms with van der Waals surface area (Å²) in [7, 11) is 0. The summed E-state index contributed by atoms with van der Waals surface area (Å²) in [5.74, 6) is -0.720. The van der Waals surface area contributed by atoms with E-state index < -0.39 is 5.82 Å². The van der Waals surface area contributed by atoms with Crippen LogP contribution in [0.4, 0.5) is 10.1 Å². The molecule has 1 amide bonds. The highest BCUT2D eigenvalue weighted by Gasteiger charge is 2.19. The SMILES string of the molecule is Cc1cccc(NC(=O)Cn2c3ccc(F)cc3c3ncn(Cc4ccccc4)c(=O)c32)c1.